The van der Waals surface area contributed by atoms with Gasteiger partial charge in [-0.1, -0.05) is 0 Å². The summed E-state index contributed by atoms with van der Waals surface area (Å²) in [4.78, 5) is 13.4. The van der Waals surface area contributed by atoms with Crippen LogP contribution in [0.5, 0.6) is 0 Å². The maximum atomic E-state index is 11.6. The Balaban J connectivity index is 1.62. The smallest absolute Gasteiger partial charge is 0.409 e. The molecular weight excluding hydrogens is 248 g/mol. The van der Waals surface area contributed by atoms with Crippen LogP contribution in [0.15, 0.2) is 0 Å². The van der Waals surface area contributed by atoms with Crippen LogP contribution in [0, 0.1) is 5.92 Å². The number of ether oxygens (including phenoxy) is 1. The minimum atomic E-state index is -0.150. The number of hydrogen-bond acceptors (Lipinski definition) is 4. The summed E-state index contributed by atoms with van der Waals surface area (Å²) in [6.07, 6.45) is 3.32. The lowest BCUT2D eigenvalue weighted by Gasteiger charge is -2.32. The molecule has 1 amide bonds. The maximum absolute atomic E-state index is 11.6. The van der Waals surface area contributed by atoms with Gasteiger partial charge in [0.2, 0.25) is 0 Å². The van der Waals surface area contributed by atoms with Gasteiger partial charge in [0.25, 0.3) is 0 Å². The molecule has 2 rings (SSSR count). The highest BCUT2D eigenvalue weighted by Gasteiger charge is 2.24. The van der Waals surface area contributed by atoms with Crippen LogP contribution in [-0.4, -0.2) is 54.8 Å². The molecule has 5 heteroatoms. The molecule has 2 heterocycles. The molecule has 0 aromatic rings. The van der Waals surface area contributed by atoms with E-state index in [1.54, 1.807) is 0 Å². The molecule has 0 spiro atoms. The molecule has 2 aliphatic heterocycles. The standard InChI is InChI=1S/C13H24N2O2S/c1-2-17-13(16)15-6-3-12(4-7-15)14-9-11-5-8-18-10-11/h11-12,14H,2-10H2,1H3. The molecule has 18 heavy (non-hydrogen) atoms. The normalized spacial score (nSPS) is 25.4. The van der Waals surface area contributed by atoms with Crippen LogP contribution in [0.1, 0.15) is 26.2 Å². The maximum Gasteiger partial charge on any atom is 0.409 e. The number of carbonyl (C=O) groups is 1. The van der Waals surface area contributed by atoms with E-state index in [0.29, 0.717) is 12.6 Å². The largest absolute Gasteiger partial charge is 0.450 e. The number of piperidine rings is 1. The van der Waals surface area contributed by atoms with E-state index in [9.17, 15) is 4.79 Å². The van der Waals surface area contributed by atoms with Gasteiger partial charge in [0, 0.05) is 19.1 Å². The average Bonchev–Trinajstić information content (AvgIpc) is 2.90. The topological polar surface area (TPSA) is 41.6 Å². The highest BCUT2D eigenvalue weighted by molar-refractivity contribution is 7.99. The molecule has 2 saturated heterocycles. The second-order valence-corrected chi connectivity index (χ2v) is 6.25. The van der Waals surface area contributed by atoms with E-state index in [1.165, 1.54) is 17.9 Å². The molecule has 2 fully saturated rings. The number of carbonyl (C=O) groups excluding carboxylic acids is 1. The zero-order chi connectivity index (χ0) is 12.8. The van der Waals surface area contributed by atoms with E-state index in [2.05, 4.69) is 17.1 Å². The van der Waals surface area contributed by atoms with Crippen LogP contribution in [0.25, 0.3) is 0 Å². The third kappa shape index (κ3) is 4.05. The van der Waals surface area contributed by atoms with Crippen molar-refractivity contribution in [2.24, 2.45) is 5.92 Å². The first kappa shape index (κ1) is 14.0. The monoisotopic (exact) mass is 272 g/mol. The van der Waals surface area contributed by atoms with Gasteiger partial charge in [0.1, 0.15) is 0 Å². The summed E-state index contributed by atoms with van der Waals surface area (Å²) in [5.74, 6) is 3.50. The predicted octanol–water partition coefficient (Wildman–Crippen LogP) is 1.95. The van der Waals surface area contributed by atoms with E-state index >= 15 is 0 Å². The quantitative estimate of drug-likeness (QED) is 0.849. The summed E-state index contributed by atoms with van der Waals surface area (Å²) in [7, 11) is 0. The van der Waals surface area contributed by atoms with Crippen LogP contribution in [0.4, 0.5) is 4.79 Å². The third-order valence-corrected chi connectivity index (χ3v) is 4.97. The van der Waals surface area contributed by atoms with E-state index in [1.807, 2.05) is 11.8 Å². The summed E-state index contributed by atoms with van der Waals surface area (Å²) in [5, 5.41) is 3.66. The number of likely N-dealkylation sites (tertiary alicyclic amines) is 1. The number of amides is 1. The molecule has 0 saturated carbocycles. The Morgan fingerprint density at radius 1 is 1.39 bits per heavy atom. The summed E-state index contributed by atoms with van der Waals surface area (Å²) in [5.41, 5.74) is 0. The van der Waals surface area contributed by atoms with E-state index < -0.39 is 0 Å². The van der Waals surface area contributed by atoms with Gasteiger partial charge in [-0.3, -0.25) is 0 Å². The molecule has 0 aromatic carbocycles. The molecule has 4 nitrogen and oxygen atoms in total. The summed E-state index contributed by atoms with van der Waals surface area (Å²) in [6.45, 7) is 5.13. The second kappa shape index (κ2) is 7.24. The molecular formula is C13H24N2O2S. The lowest BCUT2D eigenvalue weighted by molar-refractivity contribution is 0.0948. The van der Waals surface area contributed by atoms with Gasteiger partial charge < -0.3 is 15.0 Å². The highest BCUT2D eigenvalue weighted by Crippen LogP contribution is 2.23. The average molecular weight is 272 g/mol. The number of hydrogen-bond donors (Lipinski definition) is 1. The van der Waals surface area contributed by atoms with Crippen molar-refractivity contribution in [2.45, 2.75) is 32.2 Å². The van der Waals surface area contributed by atoms with Crippen LogP contribution < -0.4 is 5.32 Å². The molecule has 0 aromatic heterocycles. The number of nitrogens with zero attached hydrogens (tertiary/aromatic N) is 1. The fourth-order valence-corrected chi connectivity index (χ4v) is 3.84. The minimum Gasteiger partial charge on any atom is -0.450 e. The summed E-state index contributed by atoms with van der Waals surface area (Å²) < 4.78 is 5.02. The SMILES string of the molecule is CCOC(=O)N1CCC(NCC2CCSC2)CC1. The molecule has 1 atom stereocenters. The van der Waals surface area contributed by atoms with Gasteiger partial charge in [-0.2, -0.15) is 11.8 Å². The number of thioether (sulfide) groups is 1. The minimum absolute atomic E-state index is 0.150. The Hall–Kier alpha value is -0.420. The summed E-state index contributed by atoms with van der Waals surface area (Å²) in [6, 6.07) is 0.585. The first-order valence-electron chi connectivity index (χ1n) is 7.02. The lowest BCUT2D eigenvalue weighted by Crippen LogP contribution is -2.46. The first-order chi connectivity index (χ1) is 8.79. The van der Waals surface area contributed by atoms with Crippen LogP contribution in [-0.2, 0) is 4.74 Å². The molecule has 0 radical (unpaired) electrons. The number of nitrogens with one attached hydrogen (secondary N) is 1. The van der Waals surface area contributed by atoms with Crippen LogP contribution in [0.3, 0.4) is 0 Å². The Kier molecular flexibility index (Phi) is 5.63. The Morgan fingerprint density at radius 3 is 2.78 bits per heavy atom. The molecule has 1 unspecified atom stereocenters. The van der Waals surface area contributed by atoms with Crippen molar-refractivity contribution in [1.82, 2.24) is 10.2 Å². The molecule has 2 aliphatic rings. The van der Waals surface area contributed by atoms with Crippen molar-refractivity contribution in [3.63, 3.8) is 0 Å². The number of rotatable bonds is 4. The van der Waals surface area contributed by atoms with Gasteiger partial charge >= 0.3 is 6.09 Å². The van der Waals surface area contributed by atoms with Gasteiger partial charge in [0.05, 0.1) is 6.61 Å². The predicted molar refractivity (Wildman–Crippen MR) is 75.1 cm³/mol. The van der Waals surface area contributed by atoms with Crippen molar-refractivity contribution in [3.05, 3.63) is 0 Å². The lowest BCUT2D eigenvalue weighted by atomic mass is 10.0. The van der Waals surface area contributed by atoms with E-state index in [4.69, 9.17) is 4.74 Å². The fraction of sp³-hybridized carbons (Fsp3) is 0.923. The highest BCUT2D eigenvalue weighted by atomic mass is 32.2. The van der Waals surface area contributed by atoms with Crippen molar-refractivity contribution in [2.75, 3.05) is 37.7 Å². The first-order valence-corrected chi connectivity index (χ1v) is 8.18. The molecule has 0 bridgehead atoms. The van der Waals surface area contributed by atoms with Gasteiger partial charge in [0.15, 0.2) is 0 Å². The second-order valence-electron chi connectivity index (χ2n) is 5.10. The zero-order valence-corrected chi connectivity index (χ0v) is 12.0. The van der Waals surface area contributed by atoms with Crippen LogP contribution in [0.2, 0.25) is 0 Å². The van der Waals surface area contributed by atoms with Gasteiger partial charge in [-0.25, -0.2) is 4.79 Å². The summed E-state index contributed by atoms with van der Waals surface area (Å²) >= 11 is 2.07. The van der Waals surface area contributed by atoms with Gasteiger partial charge in [-0.15, -0.1) is 0 Å². The molecule has 0 aliphatic carbocycles. The Morgan fingerprint density at radius 2 is 2.17 bits per heavy atom. The molecule has 1 N–H and O–H groups in total. The van der Waals surface area contributed by atoms with Crippen molar-refractivity contribution in [1.29, 1.82) is 0 Å². The van der Waals surface area contributed by atoms with Crippen molar-refractivity contribution < 1.29 is 9.53 Å². The van der Waals surface area contributed by atoms with Crippen molar-refractivity contribution in [3.8, 4) is 0 Å². The Labute approximate surface area is 114 Å². The van der Waals surface area contributed by atoms with Crippen molar-refractivity contribution >= 4 is 17.9 Å². The zero-order valence-electron chi connectivity index (χ0n) is 11.2. The van der Waals surface area contributed by atoms with Gasteiger partial charge in [-0.05, 0) is 50.2 Å². The third-order valence-electron chi connectivity index (χ3n) is 3.74. The molecule has 104 valence electrons. The van der Waals surface area contributed by atoms with E-state index in [-0.39, 0.29) is 6.09 Å². The fourth-order valence-electron chi connectivity index (χ4n) is 2.56. The Bertz CT molecular complexity index is 262. The van der Waals surface area contributed by atoms with Crippen LogP contribution >= 0.6 is 11.8 Å². The van der Waals surface area contributed by atoms with E-state index in [0.717, 1.165) is 38.4 Å².